The summed E-state index contributed by atoms with van der Waals surface area (Å²) in [6.07, 6.45) is 2.82. The van der Waals surface area contributed by atoms with Crippen LogP contribution in [0.15, 0.2) is 6.20 Å². The van der Waals surface area contributed by atoms with Crippen molar-refractivity contribution in [3.63, 3.8) is 0 Å². The summed E-state index contributed by atoms with van der Waals surface area (Å²) in [6.45, 7) is 9.98. The van der Waals surface area contributed by atoms with E-state index in [-0.39, 0.29) is 6.04 Å². The van der Waals surface area contributed by atoms with Gasteiger partial charge in [-0.1, -0.05) is 18.5 Å². The number of aromatic nitrogens is 2. The van der Waals surface area contributed by atoms with Crippen molar-refractivity contribution in [2.75, 3.05) is 12.8 Å². The highest BCUT2D eigenvalue weighted by atomic mass is 35.5. The van der Waals surface area contributed by atoms with Gasteiger partial charge in [0, 0.05) is 12.3 Å². The zero-order chi connectivity index (χ0) is 15.7. The molecule has 0 saturated heterocycles. The average Bonchev–Trinajstić information content (AvgIpc) is 2.66. The van der Waals surface area contributed by atoms with E-state index < -0.39 is 20.6 Å². The minimum Gasteiger partial charge on any atom is -0.308 e. The second kappa shape index (κ2) is 6.03. The van der Waals surface area contributed by atoms with Gasteiger partial charge in [0.05, 0.1) is 27.7 Å². The molecule has 0 bridgehead atoms. The number of hydrogen-bond donors (Lipinski definition) is 1. The van der Waals surface area contributed by atoms with Gasteiger partial charge in [0.15, 0.2) is 9.84 Å². The standard InChI is InChI=1S/C13H24ClN3O2S/c1-7-15-12(13(4,5)20(6,18)19)11-10(14)8-16-17(11)9(2)3/h8-9,12,15H,7H2,1-6H3. The lowest BCUT2D eigenvalue weighted by Gasteiger charge is -2.34. The Hall–Kier alpha value is -0.590. The number of rotatable bonds is 6. The van der Waals surface area contributed by atoms with E-state index in [9.17, 15) is 8.42 Å². The van der Waals surface area contributed by atoms with E-state index in [1.807, 2.05) is 20.8 Å². The summed E-state index contributed by atoms with van der Waals surface area (Å²) in [6, 6.07) is -0.311. The van der Waals surface area contributed by atoms with Crippen LogP contribution in [0.3, 0.4) is 0 Å². The molecule has 0 radical (unpaired) electrons. The van der Waals surface area contributed by atoms with Crippen molar-refractivity contribution >= 4 is 21.4 Å². The fourth-order valence-electron chi connectivity index (χ4n) is 2.12. The molecule has 5 nitrogen and oxygen atoms in total. The Bertz CT molecular complexity index is 564. The molecule has 116 valence electrons. The molecule has 0 saturated carbocycles. The summed E-state index contributed by atoms with van der Waals surface area (Å²) in [5.74, 6) is 0. The third-order valence-corrected chi connectivity index (χ3v) is 6.05. The zero-order valence-corrected chi connectivity index (χ0v) is 14.5. The maximum absolute atomic E-state index is 12.1. The summed E-state index contributed by atoms with van der Waals surface area (Å²) in [5, 5.41) is 7.99. The molecule has 1 heterocycles. The van der Waals surface area contributed by atoms with Gasteiger partial charge in [0.2, 0.25) is 0 Å². The molecular weight excluding hydrogens is 298 g/mol. The second-order valence-electron chi connectivity index (χ2n) is 5.78. The van der Waals surface area contributed by atoms with Crippen molar-refractivity contribution in [3.8, 4) is 0 Å². The van der Waals surface area contributed by atoms with Crippen LogP contribution < -0.4 is 5.32 Å². The Labute approximate surface area is 126 Å². The Kier molecular flexibility index (Phi) is 5.27. The van der Waals surface area contributed by atoms with Crippen LogP contribution in [0.4, 0.5) is 0 Å². The average molecular weight is 322 g/mol. The number of halogens is 1. The number of sulfone groups is 1. The van der Waals surface area contributed by atoms with Gasteiger partial charge in [-0.05, 0) is 34.2 Å². The van der Waals surface area contributed by atoms with Crippen LogP contribution in [-0.2, 0) is 9.84 Å². The highest BCUT2D eigenvalue weighted by Crippen LogP contribution is 2.36. The Morgan fingerprint density at radius 2 is 2.00 bits per heavy atom. The van der Waals surface area contributed by atoms with E-state index in [1.165, 1.54) is 6.26 Å². The van der Waals surface area contributed by atoms with Gasteiger partial charge in [-0.25, -0.2) is 8.42 Å². The van der Waals surface area contributed by atoms with Gasteiger partial charge in [0.1, 0.15) is 0 Å². The van der Waals surface area contributed by atoms with Gasteiger partial charge >= 0.3 is 0 Å². The van der Waals surface area contributed by atoms with E-state index in [0.717, 1.165) is 5.69 Å². The van der Waals surface area contributed by atoms with Crippen LogP contribution in [0.2, 0.25) is 5.02 Å². The van der Waals surface area contributed by atoms with Crippen molar-refractivity contribution in [1.29, 1.82) is 0 Å². The molecule has 0 fully saturated rings. The van der Waals surface area contributed by atoms with E-state index in [1.54, 1.807) is 24.7 Å². The lowest BCUT2D eigenvalue weighted by atomic mass is 9.99. The van der Waals surface area contributed by atoms with Gasteiger partial charge in [0.25, 0.3) is 0 Å². The molecule has 1 rings (SSSR count). The van der Waals surface area contributed by atoms with Crippen molar-refractivity contribution in [1.82, 2.24) is 15.1 Å². The minimum absolute atomic E-state index is 0.106. The lowest BCUT2D eigenvalue weighted by molar-refractivity contribution is 0.385. The molecule has 1 atom stereocenters. The van der Waals surface area contributed by atoms with Gasteiger partial charge < -0.3 is 5.32 Å². The molecule has 7 heteroatoms. The number of hydrogen-bond acceptors (Lipinski definition) is 4. The fraction of sp³-hybridized carbons (Fsp3) is 0.769. The first-order chi connectivity index (χ1) is 9.04. The topological polar surface area (TPSA) is 64.0 Å². The summed E-state index contributed by atoms with van der Waals surface area (Å²) in [7, 11) is -3.27. The van der Waals surface area contributed by atoms with Crippen LogP contribution >= 0.6 is 11.6 Å². The molecule has 1 unspecified atom stereocenters. The van der Waals surface area contributed by atoms with Crippen LogP contribution in [0.5, 0.6) is 0 Å². The van der Waals surface area contributed by atoms with E-state index in [0.29, 0.717) is 11.6 Å². The third kappa shape index (κ3) is 3.18. The predicted molar refractivity (Wildman–Crippen MR) is 83.0 cm³/mol. The maximum atomic E-state index is 12.1. The maximum Gasteiger partial charge on any atom is 0.154 e. The van der Waals surface area contributed by atoms with Crippen molar-refractivity contribution < 1.29 is 8.42 Å². The fourth-order valence-corrected chi connectivity index (χ4v) is 2.98. The van der Waals surface area contributed by atoms with E-state index in [4.69, 9.17) is 11.6 Å². The van der Waals surface area contributed by atoms with Crippen molar-refractivity contribution in [2.45, 2.75) is 51.4 Å². The van der Waals surface area contributed by atoms with Gasteiger partial charge in [-0.3, -0.25) is 4.68 Å². The molecule has 0 aromatic carbocycles. The summed E-state index contributed by atoms with van der Waals surface area (Å²) in [5.41, 5.74) is 0.721. The molecule has 1 N–H and O–H groups in total. The minimum atomic E-state index is -3.27. The van der Waals surface area contributed by atoms with E-state index >= 15 is 0 Å². The molecular formula is C13H24ClN3O2S. The molecule has 20 heavy (non-hydrogen) atoms. The van der Waals surface area contributed by atoms with Crippen LogP contribution in [0, 0.1) is 0 Å². The Balaban J connectivity index is 3.47. The molecule has 1 aromatic rings. The van der Waals surface area contributed by atoms with Crippen LogP contribution in [0.25, 0.3) is 0 Å². The van der Waals surface area contributed by atoms with Gasteiger partial charge in [-0.15, -0.1) is 0 Å². The van der Waals surface area contributed by atoms with Crippen molar-refractivity contribution in [2.24, 2.45) is 0 Å². The highest BCUT2D eigenvalue weighted by Gasteiger charge is 2.42. The first-order valence-corrected chi connectivity index (χ1v) is 8.96. The Morgan fingerprint density at radius 3 is 2.40 bits per heavy atom. The smallest absolute Gasteiger partial charge is 0.154 e. The SMILES string of the molecule is CCNC(c1c(Cl)cnn1C(C)C)C(C)(C)S(C)(=O)=O. The lowest BCUT2D eigenvalue weighted by Crippen LogP contribution is -2.46. The molecule has 0 aliphatic carbocycles. The first kappa shape index (κ1) is 17.5. The zero-order valence-electron chi connectivity index (χ0n) is 12.9. The van der Waals surface area contributed by atoms with Crippen LogP contribution in [0.1, 0.15) is 52.4 Å². The largest absolute Gasteiger partial charge is 0.308 e. The molecule has 0 aliphatic rings. The molecule has 0 spiro atoms. The number of nitrogens with one attached hydrogen (secondary N) is 1. The molecule has 0 amide bonds. The first-order valence-electron chi connectivity index (χ1n) is 6.69. The van der Waals surface area contributed by atoms with Crippen LogP contribution in [-0.4, -0.2) is 35.7 Å². The predicted octanol–water partition coefficient (Wildman–Crippen LogP) is 2.59. The van der Waals surface area contributed by atoms with Gasteiger partial charge in [-0.2, -0.15) is 5.10 Å². The normalized spacial score (nSPS) is 14.8. The quantitative estimate of drug-likeness (QED) is 0.874. The second-order valence-corrected chi connectivity index (χ2v) is 8.79. The third-order valence-electron chi connectivity index (χ3n) is 3.61. The monoisotopic (exact) mass is 321 g/mol. The Morgan fingerprint density at radius 1 is 1.45 bits per heavy atom. The summed E-state index contributed by atoms with van der Waals surface area (Å²) < 4.78 is 25.1. The summed E-state index contributed by atoms with van der Waals surface area (Å²) in [4.78, 5) is 0. The number of nitrogens with zero attached hydrogens (tertiary/aromatic N) is 2. The van der Waals surface area contributed by atoms with E-state index in [2.05, 4.69) is 10.4 Å². The highest BCUT2D eigenvalue weighted by molar-refractivity contribution is 7.92. The molecule has 1 aromatic heterocycles. The summed E-state index contributed by atoms with van der Waals surface area (Å²) >= 11 is 6.26. The van der Waals surface area contributed by atoms with Crippen molar-refractivity contribution in [3.05, 3.63) is 16.9 Å². The molecule has 0 aliphatic heterocycles.